The summed E-state index contributed by atoms with van der Waals surface area (Å²) in [6.07, 6.45) is -5.22. The summed E-state index contributed by atoms with van der Waals surface area (Å²) < 4.78 is 13.1. The van der Waals surface area contributed by atoms with Crippen molar-refractivity contribution in [2.75, 3.05) is 6.61 Å². The maximum Gasteiger partial charge on any atom is 0.229 e. The Bertz CT molecular complexity index is 1060. The Kier molecular flexibility index (Phi) is 5.59. The first-order valence-corrected chi connectivity index (χ1v) is 9.60. The molecule has 8 heteroatoms. The third kappa shape index (κ3) is 3.49. The summed E-state index contributed by atoms with van der Waals surface area (Å²) in [5.74, 6) is 0.271. The molecule has 4 N–H and O–H groups in total. The minimum absolute atomic E-state index is 0.0835. The van der Waals surface area contributed by atoms with Gasteiger partial charge in [-0.15, -0.1) is 0 Å². The summed E-state index contributed by atoms with van der Waals surface area (Å²) in [5, 5.41) is 40.4. The molecule has 30 heavy (non-hydrogen) atoms. The number of hydrogen-bond acceptors (Lipinski definition) is 7. The number of benzene rings is 2. The molecule has 0 radical (unpaired) electrons. The van der Waals surface area contributed by atoms with Gasteiger partial charge in [0.25, 0.3) is 0 Å². The van der Waals surface area contributed by atoms with Crippen LogP contribution in [0.15, 0.2) is 54.7 Å². The van der Waals surface area contributed by atoms with Crippen molar-refractivity contribution in [2.45, 2.75) is 37.6 Å². The number of carbonyl (C=O) groups excluding carboxylic acids is 1. The molecule has 0 unspecified atom stereocenters. The van der Waals surface area contributed by atoms with Crippen LogP contribution in [0, 0.1) is 0 Å². The van der Waals surface area contributed by atoms with Crippen molar-refractivity contribution in [3.63, 3.8) is 0 Å². The van der Waals surface area contributed by atoms with E-state index in [0.717, 1.165) is 5.52 Å². The molecule has 1 fully saturated rings. The van der Waals surface area contributed by atoms with Gasteiger partial charge in [0, 0.05) is 10.9 Å². The molecule has 0 spiro atoms. The highest BCUT2D eigenvalue weighted by Crippen LogP contribution is 2.34. The lowest BCUT2D eigenvalue weighted by Crippen LogP contribution is -2.60. The molecule has 0 bridgehead atoms. The molecule has 1 aliphatic heterocycles. The summed E-state index contributed by atoms with van der Waals surface area (Å²) in [6.45, 7) is 0.953. The molecule has 3 aromatic rings. The Morgan fingerprint density at radius 2 is 1.73 bits per heavy atom. The fourth-order valence-electron chi connectivity index (χ4n) is 3.71. The first-order chi connectivity index (χ1) is 14.4. The van der Waals surface area contributed by atoms with Crippen LogP contribution in [0.5, 0.6) is 5.75 Å². The molecule has 0 amide bonds. The number of fused-ring (bicyclic) bond motifs is 1. The third-order valence-corrected chi connectivity index (χ3v) is 5.31. The monoisotopic (exact) mass is 413 g/mol. The van der Waals surface area contributed by atoms with E-state index in [0.29, 0.717) is 22.4 Å². The summed E-state index contributed by atoms with van der Waals surface area (Å²) in [4.78, 5) is 12.1. The normalized spacial score (nSPS) is 26.6. The number of para-hydroxylation sites is 2. The number of aliphatic hydroxyl groups excluding tert-OH is 4. The molecule has 1 saturated heterocycles. The maximum atomic E-state index is 12.1. The van der Waals surface area contributed by atoms with Gasteiger partial charge in [-0.25, -0.2) is 0 Å². The molecular formula is C22H23NO7. The highest BCUT2D eigenvalue weighted by atomic mass is 16.7. The van der Waals surface area contributed by atoms with Gasteiger partial charge in [-0.2, -0.15) is 0 Å². The van der Waals surface area contributed by atoms with Crippen molar-refractivity contribution in [1.82, 2.24) is 4.57 Å². The molecule has 158 valence electrons. The maximum absolute atomic E-state index is 12.1. The zero-order valence-electron chi connectivity index (χ0n) is 16.3. The Balaban J connectivity index is 1.76. The van der Waals surface area contributed by atoms with Crippen molar-refractivity contribution in [3.05, 3.63) is 60.3 Å². The number of hydrogen-bond donors (Lipinski definition) is 4. The van der Waals surface area contributed by atoms with Gasteiger partial charge in [0.05, 0.1) is 24.0 Å². The number of nitrogens with zero attached hydrogens (tertiary/aromatic N) is 1. The van der Waals surface area contributed by atoms with Crippen LogP contribution in [0.4, 0.5) is 0 Å². The SMILES string of the molecule is CC(=O)c1ccccc1-n1cc(O[C@H]2O[C@H](CO)[C@H](O)[C@H](O)[C@H]2O)c2ccccc21. The summed E-state index contributed by atoms with van der Waals surface area (Å²) in [7, 11) is 0. The predicted octanol–water partition coefficient (Wildman–Crippen LogP) is 1.01. The second-order valence-electron chi connectivity index (χ2n) is 7.27. The Morgan fingerprint density at radius 1 is 1.03 bits per heavy atom. The van der Waals surface area contributed by atoms with E-state index < -0.39 is 37.3 Å². The molecule has 5 atom stereocenters. The van der Waals surface area contributed by atoms with Gasteiger partial charge < -0.3 is 34.5 Å². The van der Waals surface area contributed by atoms with Gasteiger partial charge in [-0.05, 0) is 31.2 Å². The molecule has 1 aliphatic rings. The summed E-state index contributed by atoms with van der Waals surface area (Å²) >= 11 is 0. The molecule has 8 nitrogen and oxygen atoms in total. The van der Waals surface area contributed by atoms with Crippen LogP contribution in [0.25, 0.3) is 16.6 Å². The van der Waals surface area contributed by atoms with Crippen LogP contribution in [0.2, 0.25) is 0 Å². The average Bonchev–Trinajstić information content (AvgIpc) is 3.12. The zero-order valence-corrected chi connectivity index (χ0v) is 16.3. The topological polar surface area (TPSA) is 121 Å². The van der Waals surface area contributed by atoms with Crippen LogP contribution in [-0.4, -0.2) is 68.1 Å². The van der Waals surface area contributed by atoms with Crippen molar-refractivity contribution in [2.24, 2.45) is 0 Å². The van der Waals surface area contributed by atoms with Crippen LogP contribution < -0.4 is 4.74 Å². The van der Waals surface area contributed by atoms with E-state index in [1.165, 1.54) is 6.92 Å². The molecule has 0 saturated carbocycles. The van der Waals surface area contributed by atoms with Crippen LogP contribution in [0.3, 0.4) is 0 Å². The van der Waals surface area contributed by atoms with Crippen molar-refractivity contribution >= 4 is 16.7 Å². The Hall–Kier alpha value is -2.75. The minimum Gasteiger partial charge on any atom is -0.460 e. The van der Waals surface area contributed by atoms with Crippen LogP contribution >= 0.6 is 0 Å². The molecule has 2 aromatic carbocycles. The van der Waals surface area contributed by atoms with E-state index in [2.05, 4.69) is 0 Å². The van der Waals surface area contributed by atoms with E-state index in [4.69, 9.17) is 9.47 Å². The summed E-state index contributed by atoms with van der Waals surface area (Å²) in [6, 6.07) is 14.5. The molecular weight excluding hydrogens is 390 g/mol. The van der Waals surface area contributed by atoms with Gasteiger partial charge in [0.1, 0.15) is 30.2 Å². The number of aromatic nitrogens is 1. The lowest BCUT2D eigenvalue weighted by Gasteiger charge is -2.39. The second-order valence-corrected chi connectivity index (χ2v) is 7.27. The predicted molar refractivity (Wildman–Crippen MR) is 108 cm³/mol. The largest absolute Gasteiger partial charge is 0.460 e. The Labute approximate surface area is 172 Å². The fourth-order valence-corrected chi connectivity index (χ4v) is 3.71. The number of Topliss-reactive ketones (excluding diaryl/α,β-unsaturated/α-hetero) is 1. The van der Waals surface area contributed by atoms with Crippen LogP contribution in [0.1, 0.15) is 17.3 Å². The summed E-state index contributed by atoms with van der Waals surface area (Å²) in [5.41, 5.74) is 1.98. The van der Waals surface area contributed by atoms with Crippen LogP contribution in [-0.2, 0) is 4.74 Å². The second kappa shape index (κ2) is 8.17. The number of aliphatic hydroxyl groups is 4. The molecule has 4 rings (SSSR count). The number of ketones is 1. The quantitative estimate of drug-likeness (QED) is 0.461. The van der Waals surface area contributed by atoms with Gasteiger partial charge >= 0.3 is 0 Å². The number of carbonyl (C=O) groups is 1. The minimum atomic E-state index is -1.53. The molecule has 2 heterocycles. The lowest BCUT2D eigenvalue weighted by molar-refractivity contribution is -0.277. The standard InChI is InChI=1S/C22H23NO7/c1-12(25)13-6-2-4-8-15(13)23-10-17(14-7-3-5-9-16(14)23)29-22-21(28)20(27)19(26)18(11-24)30-22/h2-10,18-22,24,26-28H,11H2,1H3/t18-,19+,20+,21-,22+/m1/s1. The van der Waals surface area contributed by atoms with Gasteiger partial charge in [-0.1, -0.05) is 24.3 Å². The Morgan fingerprint density at radius 3 is 2.47 bits per heavy atom. The molecule has 0 aliphatic carbocycles. The smallest absolute Gasteiger partial charge is 0.229 e. The van der Waals surface area contributed by atoms with Gasteiger partial charge in [0.15, 0.2) is 5.78 Å². The van der Waals surface area contributed by atoms with Crippen molar-refractivity contribution < 1.29 is 34.7 Å². The highest BCUT2D eigenvalue weighted by Gasteiger charge is 2.45. The lowest BCUT2D eigenvalue weighted by atomic mass is 9.99. The zero-order chi connectivity index (χ0) is 21.4. The first kappa shape index (κ1) is 20.5. The van der Waals surface area contributed by atoms with E-state index in [-0.39, 0.29) is 5.78 Å². The first-order valence-electron chi connectivity index (χ1n) is 9.60. The van der Waals surface area contributed by atoms with Gasteiger partial charge in [0.2, 0.25) is 6.29 Å². The molecule has 1 aromatic heterocycles. The fraction of sp³-hybridized carbons (Fsp3) is 0.318. The third-order valence-electron chi connectivity index (χ3n) is 5.31. The number of rotatable bonds is 5. The van der Waals surface area contributed by atoms with E-state index in [1.54, 1.807) is 18.3 Å². The highest BCUT2D eigenvalue weighted by molar-refractivity contribution is 5.99. The number of ether oxygens (including phenoxy) is 2. The van der Waals surface area contributed by atoms with Crippen molar-refractivity contribution in [3.8, 4) is 11.4 Å². The van der Waals surface area contributed by atoms with Gasteiger partial charge in [-0.3, -0.25) is 4.79 Å². The van der Waals surface area contributed by atoms with E-state index in [9.17, 15) is 25.2 Å². The van der Waals surface area contributed by atoms with E-state index in [1.807, 2.05) is 41.0 Å². The van der Waals surface area contributed by atoms with E-state index >= 15 is 0 Å². The average molecular weight is 413 g/mol. The van der Waals surface area contributed by atoms with Crippen molar-refractivity contribution in [1.29, 1.82) is 0 Å².